The standard InChI is InChI=1S/C12H22N2O3/c1-2-17-11-8-14(7-10(11)15)12(16)9-5-3-4-6-13-9/h9-11,13,15H,2-8H2,1H3. The van der Waals surface area contributed by atoms with E-state index in [-0.39, 0.29) is 18.1 Å². The number of carbonyl (C=O) groups excluding carboxylic acids is 1. The number of amides is 1. The van der Waals surface area contributed by atoms with Crippen LogP contribution in [-0.2, 0) is 9.53 Å². The fraction of sp³-hybridized carbons (Fsp3) is 0.917. The molecule has 98 valence electrons. The number of aliphatic hydroxyl groups is 1. The fourth-order valence-corrected chi connectivity index (χ4v) is 2.60. The Labute approximate surface area is 102 Å². The van der Waals surface area contributed by atoms with Gasteiger partial charge in [0.25, 0.3) is 0 Å². The molecule has 0 saturated carbocycles. The molecule has 0 aromatic carbocycles. The second kappa shape index (κ2) is 5.80. The van der Waals surface area contributed by atoms with Crippen molar-refractivity contribution in [2.24, 2.45) is 0 Å². The summed E-state index contributed by atoms with van der Waals surface area (Å²) >= 11 is 0. The minimum atomic E-state index is -0.539. The summed E-state index contributed by atoms with van der Waals surface area (Å²) in [5, 5.41) is 13.0. The largest absolute Gasteiger partial charge is 0.388 e. The Morgan fingerprint density at radius 2 is 2.29 bits per heavy atom. The Balaban J connectivity index is 1.88. The lowest BCUT2D eigenvalue weighted by Crippen LogP contribution is -2.48. The number of nitrogens with one attached hydrogen (secondary N) is 1. The molecule has 0 radical (unpaired) electrons. The Kier molecular flexibility index (Phi) is 4.36. The molecular formula is C12H22N2O3. The molecule has 0 aromatic heterocycles. The predicted octanol–water partition coefficient (Wildman–Crippen LogP) is -0.263. The highest BCUT2D eigenvalue weighted by molar-refractivity contribution is 5.82. The molecular weight excluding hydrogens is 220 g/mol. The van der Waals surface area contributed by atoms with Gasteiger partial charge in [0.15, 0.2) is 0 Å². The van der Waals surface area contributed by atoms with Crippen LogP contribution in [0.2, 0.25) is 0 Å². The molecule has 0 aliphatic carbocycles. The molecule has 2 heterocycles. The van der Waals surface area contributed by atoms with Gasteiger partial charge < -0.3 is 20.1 Å². The van der Waals surface area contributed by atoms with Gasteiger partial charge in [-0.2, -0.15) is 0 Å². The Morgan fingerprint density at radius 1 is 1.47 bits per heavy atom. The minimum Gasteiger partial charge on any atom is -0.388 e. The number of aliphatic hydroxyl groups excluding tert-OH is 1. The van der Waals surface area contributed by atoms with Gasteiger partial charge in [0.1, 0.15) is 6.10 Å². The fourth-order valence-electron chi connectivity index (χ4n) is 2.60. The van der Waals surface area contributed by atoms with Crippen molar-refractivity contribution < 1.29 is 14.6 Å². The number of carbonyl (C=O) groups is 1. The van der Waals surface area contributed by atoms with E-state index in [0.29, 0.717) is 19.7 Å². The average molecular weight is 242 g/mol. The van der Waals surface area contributed by atoms with Crippen molar-refractivity contribution in [2.75, 3.05) is 26.2 Å². The second-order valence-corrected chi connectivity index (χ2v) is 4.81. The van der Waals surface area contributed by atoms with Crippen molar-refractivity contribution in [2.45, 2.75) is 44.4 Å². The van der Waals surface area contributed by atoms with E-state index >= 15 is 0 Å². The van der Waals surface area contributed by atoms with Crippen molar-refractivity contribution in [1.82, 2.24) is 10.2 Å². The highest BCUT2D eigenvalue weighted by atomic mass is 16.5. The molecule has 2 rings (SSSR count). The Hall–Kier alpha value is -0.650. The maximum Gasteiger partial charge on any atom is 0.239 e. The van der Waals surface area contributed by atoms with Crippen LogP contribution in [0.3, 0.4) is 0 Å². The normalized spacial score (nSPS) is 34.0. The van der Waals surface area contributed by atoms with E-state index in [9.17, 15) is 9.90 Å². The third kappa shape index (κ3) is 2.97. The van der Waals surface area contributed by atoms with Crippen LogP contribution in [0.1, 0.15) is 26.2 Å². The van der Waals surface area contributed by atoms with Gasteiger partial charge in [-0.25, -0.2) is 0 Å². The van der Waals surface area contributed by atoms with E-state index in [1.165, 1.54) is 0 Å². The highest BCUT2D eigenvalue weighted by Crippen LogP contribution is 2.17. The molecule has 0 spiro atoms. The molecule has 17 heavy (non-hydrogen) atoms. The summed E-state index contributed by atoms with van der Waals surface area (Å²) in [6.45, 7) is 4.32. The van der Waals surface area contributed by atoms with Crippen molar-refractivity contribution in [3.05, 3.63) is 0 Å². The van der Waals surface area contributed by atoms with E-state index in [4.69, 9.17) is 4.74 Å². The first-order valence-electron chi connectivity index (χ1n) is 6.54. The summed E-state index contributed by atoms with van der Waals surface area (Å²) in [6, 6.07) is -0.0590. The predicted molar refractivity (Wildman–Crippen MR) is 63.6 cm³/mol. The van der Waals surface area contributed by atoms with E-state index in [1.807, 2.05) is 6.92 Å². The lowest BCUT2D eigenvalue weighted by Gasteiger charge is -2.27. The number of hydrogen-bond donors (Lipinski definition) is 2. The molecule has 2 aliphatic heterocycles. The van der Waals surface area contributed by atoms with Crippen LogP contribution in [-0.4, -0.2) is 60.4 Å². The molecule has 2 aliphatic rings. The van der Waals surface area contributed by atoms with Crippen LogP contribution < -0.4 is 5.32 Å². The molecule has 0 bridgehead atoms. The Bertz CT molecular complexity index is 266. The van der Waals surface area contributed by atoms with Gasteiger partial charge in [-0.05, 0) is 26.3 Å². The van der Waals surface area contributed by atoms with Crippen LogP contribution in [0.5, 0.6) is 0 Å². The first-order valence-corrected chi connectivity index (χ1v) is 6.54. The molecule has 0 aromatic rings. The molecule has 5 heteroatoms. The Morgan fingerprint density at radius 3 is 2.94 bits per heavy atom. The zero-order chi connectivity index (χ0) is 12.3. The van der Waals surface area contributed by atoms with Gasteiger partial charge in [0, 0.05) is 19.7 Å². The number of nitrogens with zero attached hydrogens (tertiary/aromatic N) is 1. The summed E-state index contributed by atoms with van der Waals surface area (Å²) in [6.07, 6.45) is 2.41. The van der Waals surface area contributed by atoms with E-state index < -0.39 is 6.10 Å². The SMILES string of the molecule is CCOC1CN(C(=O)C2CCCCN2)CC1O. The van der Waals surface area contributed by atoms with Crippen LogP contribution in [0.4, 0.5) is 0 Å². The summed E-state index contributed by atoms with van der Waals surface area (Å²) in [5.74, 6) is 0.117. The van der Waals surface area contributed by atoms with Gasteiger partial charge in [-0.3, -0.25) is 4.79 Å². The zero-order valence-corrected chi connectivity index (χ0v) is 10.4. The number of β-amino-alcohol motifs (C(OH)–C–C–N with tert-alkyl or cyclic N) is 1. The number of piperidine rings is 1. The number of ether oxygens (including phenoxy) is 1. The van der Waals surface area contributed by atoms with Crippen molar-refractivity contribution in [3.8, 4) is 0 Å². The topological polar surface area (TPSA) is 61.8 Å². The molecule has 2 saturated heterocycles. The minimum absolute atomic E-state index is 0.0590. The van der Waals surface area contributed by atoms with Crippen LogP contribution in [0.15, 0.2) is 0 Å². The molecule has 5 nitrogen and oxygen atoms in total. The molecule has 2 fully saturated rings. The van der Waals surface area contributed by atoms with Crippen molar-refractivity contribution in [3.63, 3.8) is 0 Å². The van der Waals surface area contributed by atoms with Gasteiger partial charge in [-0.1, -0.05) is 6.42 Å². The van der Waals surface area contributed by atoms with Gasteiger partial charge in [-0.15, -0.1) is 0 Å². The molecule has 3 unspecified atom stereocenters. The lowest BCUT2D eigenvalue weighted by molar-refractivity contribution is -0.133. The van der Waals surface area contributed by atoms with Crippen molar-refractivity contribution >= 4 is 5.91 Å². The monoisotopic (exact) mass is 242 g/mol. The number of likely N-dealkylation sites (tertiary alicyclic amines) is 1. The maximum absolute atomic E-state index is 12.2. The number of hydrogen-bond acceptors (Lipinski definition) is 4. The zero-order valence-electron chi connectivity index (χ0n) is 10.4. The van der Waals surface area contributed by atoms with Crippen molar-refractivity contribution in [1.29, 1.82) is 0 Å². The van der Waals surface area contributed by atoms with E-state index in [1.54, 1.807) is 4.90 Å². The summed E-state index contributed by atoms with van der Waals surface area (Å²) in [5.41, 5.74) is 0. The third-order valence-corrected chi connectivity index (χ3v) is 3.54. The summed E-state index contributed by atoms with van der Waals surface area (Å²) in [4.78, 5) is 13.9. The number of rotatable bonds is 3. The maximum atomic E-state index is 12.2. The second-order valence-electron chi connectivity index (χ2n) is 4.81. The van der Waals surface area contributed by atoms with Crippen LogP contribution in [0.25, 0.3) is 0 Å². The summed E-state index contributed by atoms with van der Waals surface area (Å²) in [7, 11) is 0. The summed E-state index contributed by atoms with van der Waals surface area (Å²) < 4.78 is 5.42. The lowest BCUT2D eigenvalue weighted by atomic mass is 10.0. The first-order chi connectivity index (χ1) is 8.22. The van der Waals surface area contributed by atoms with Crippen LogP contribution >= 0.6 is 0 Å². The third-order valence-electron chi connectivity index (χ3n) is 3.54. The van der Waals surface area contributed by atoms with Gasteiger partial charge in [0.2, 0.25) is 5.91 Å². The quantitative estimate of drug-likeness (QED) is 0.715. The van der Waals surface area contributed by atoms with E-state index in [2.05, 4.69) is 5.32 Å². The first kappa shape index (κ1) is 12.8. The van der Waals surface area contributed by atoms with Crippen LogP contribution in [0, 0.1) is 0 Å². The highest BCUT2D eigenvalue weighted by Gasteiger charge is 2.37. The van der Waals surface area contributed by atoms with Gasteiger partial charge >= 0.3 is 0 Å². The molecule has 2 N–H and O–H groups in total. The average Bonchev–Trinajstić information content (AvgIpc) is 2.72. The smallest absolute Gasteiger partial charge is 0.239 e. The molecule has 3 atom stereocenters. The van der Waals surface area contributed by atoms with Gasteiger partial charge in [0.05, 0.1) is 12.1 Å². The molecule has 1 amide bonds. The van der Waals surface area contributed by atoms with E-state index in [0.717, 1.165) is 25.8 Å².